The smallest absolute Gasteiger partial charge is 0.0101 e. The molecule has 6 unspecified atom stereocenters. The SMILES string of the molecule is CCCNC(CC1CC2CCC1C2)C1CC1C. The van der Waals surface area contributed by atoms with Gasteiger partial charge in [0.05, 0.1) is 0 Å². The van der Waals surface area contributed by atoms with Gasteiger partial charge in [-0.3, -0.25) is 0 Å². The van der Waals surface area contributed by atoms with Crippen molar-refractivity contribution in [1.29, 1.82) is 0 Å². The van der Waals surface area contributed by atoms with Gasteiger partial charge >= 0.3 is 0 Å². The lowest BCUT2D eigenvalue weighted by Gasteiger charge is -2.27. The van der Waals surface area contributed by atoms with Crippen LogP contribution in [-0.4, -0.2) is 12.6 Å². The molecule has 6 atom stereocenters. The maximum atomic E-state index is 3.85. The van der Waals surface area contributed by atoms with E-state index < -0.39 is 0 Å². The number of hydrogen-bond acceptors (Lipinski definition) is 1. The van der Waals surface area contributed by atoms with Crippen LogP contribution in [0.3, 0.4) is 0 Å². The molecule has 0 heterocycles. The minimum absolute atomic E-state index is 0.856. The van der Waals surface area contributed by atoms with Gasteiger partial charge in [-0.05, 0) is 74.7 Å². The average Bonchev–Trinajstić information content (AvgIpc) is 2.78. The van der Waals surface area contributed by atoms with Crippen molar-refractivity contribution in [2.24, 2.45) is 29.6 Å². The van der Waals surface area contributed by atoms with E-state index in [9.17, 15) is 0 Å². The van der Waals surface area contributed by atoms with Gasteiger partial charge in [0.25, 0.3) is 0 Å². The predicted octanol–water partition coefficient (Wildman–Crippen LogP) is 3.84. The molecule has 3 fully saturated rings. The molecule has 3 rings (SSSR count). The molecule has 3 aliphatic rings. The van der Waals surface area contributed by atoms with Gasteiger partial charge in [0.1, 0.15) is 0 Å². The zero-order chi connectivity index (χ0) is 11.8. The molecule has 0 spiro atoms. The monoisotopic (exact) mass is 235 g/mol. The zero-order valence-electron chi connectivity index (χ0n) is 11.6. The summed E-state index contributed by atoms with van der Waals surface area (Å²) in [6.45, 7) is 5.96. The standard InChI is InChI=1S/C16H29N/c1-3-6-17-16(15-7-11(15)2)10-14-9-12-4-5-13(14)8-12/h11-17H,3-10H2,1-2H3. The molecule has 0 radical (unpaired) electrons. The maximum absolute atomic E-state index is 3.85. The molecular formula is C16H29N. The Kier molecular flexibility index (Phi) is 3.47. The summed E-state index contributed by atoms with van der Waals surface area (Å²) in [4.78, 5) is 0. The van der Waals surface area contributed by atoms with E-state index in [1.54, 1.807) is 25.7 Å². The molecule has 1 heteroatoms. The van der Waals surface area contributed by atoms with E-state index >= 15 is 0 Å². The summed E-state index contributed by atoms with van der Waals surface area (Å²) < 4.78 is 0. The molecular weight excluding hydrogens is 206 g/mol. The first kappa shape index (κ1) is 12.0. The lowest BCUT2D eigenvalue weighted by molar-refractivity contribution is 0.262. The van der Waals surface area contributed by atoms with Crippen LogP contribution < -0.4 is 5.32 Å². The van der Waals surface area contributed by atoms with E-state index in [2.05, 4.69) is 19.2 Å². The van der Waals surface area contributed by atoms with Crippen LogP contribution in [-0.2, 0) is 0 Å². The molecule has 0 aromatic carbocycles. The van der Waals surface area contributed by atoms with Crippen LogP contribution in [0.15, 0.2) is 0 Å². The highest BCUT2D eigenvalue weighted by Crippen LogP contribution is 2.52. The highest BCUT2D eigenvalue weighted by atomic mass is 14.9. The first-order valence-corrected chi connectivity index (χ1v) is 8.01. The number of fused-ring (bicyclic) bond motifs is 2. The largest absolute Gasteiger partial charge is 0.314 e. The Morgan fingerprint density at radius 1 is 1.18 bits per heavy atom. The lowest BCUT2D eigenvalue weighted by atomic mass is 9.83. The third-order valence-corrected chi connectivity index (χ3v) is 5.79. The van der Waals surface area contributed by atoms with Gasteiger partial charge in [0.2, 0.25) is 0 Å². The Labute approximate surface area is 107 Å². The van der Waals surface area contributed by atoms with Crippen LogP contribution in [0.2, 0.25) is 0 Å². The van der Waals surface area contributed by atoms with Crippen LogP contribution in [0.1, 0.15) is 58.8 Å². The van der Waals surface area contributed by atoms with E-state index in [1.165, 1.54) is 25.8 Å². The fourth-order valence-electron chi connectivity index (χ4n) is 4.64. The van der Waals surface area contributed by atoms with Crippen molar-refractivity contribution in [3.05, 3.63) is 0 Å². The first-order valence-electron chi connectivity index (χ1n) is 8.01. The summed E-state index contributed by atoms with van der Waals surface area (Å²) in [7, 11) is 0. The number of rotatable bonds is 6. The third kappa shape index (κ3) is 2.54. The lowest BCUT2D eigenvalue weighted by Crippen LogP contribution is -2.35. The average molecular weight is 235 g/mol. The van der Waals surface area contributed by atoms with Crippen molar-refractivity contribution in [3.8, 4) is 0 Å². The summed E-state index contributed by atoms with van der Waals surface area (Å²) >= 11 is 0. The third-order valence-electron chi connectivity index (χ3n) is 5.79. The molecule has 0 aromatic rings. The van der Waals surface area contributed by atoms with E-state index in [1.807, 2.05) is 0 Å². The normalized spacial score (nSPS) is 45.2. The van der Waals surface area contributed by atoms with E-state index in [-0.39, 0.29) is 0 Å². The Bertz CT molecular complexity index is 262. The van der Waals surface area contributed by atoms with E-state index in [4.69, 9.17) is 0 Å². The second kappa shape index (κ2) is 4.91. The van der Waals surface area contributed by atoms with Crippen molar-refractivity contribution < 1.29 is 0 Å². The van der Waals surface area contributed by atoms with Crippen molar-refractivity contribution in [1.82, 2.24) is 5.32 Å². The molecule has 3 saturated carbocycles. The fourth-order valence-corrected chi connectivity index (χ4v) is 4.64. The molecule has 0 amide bonds. The Balaban J connectivity index is 1.53. The summed E-state index contributed by atoms with van der Waals surface area (Å²) in [6.07, 6.45) is 10.5. The highest BCUT2D eigenvalue weighted by Gasteiger charge is 2.44. The molecule has 98 valence electrons. The second-order valence-corrected chi connectivity index (χ2v) is 7.11. The van der Waals surface area contributed by atoms with Crippen LogP contribution in [0, 0.1) is 29.6 Å². The maximum Gasteiger partial charge on any atom is 0.0101 e. The molecule has 1 N–H and O–H groups in total. The van der Waals surface area contributed by atoms with Crippen molar-refractivity contribution >= 4 is 0 Å². The van der Waals surface area contributed by atoms with Crippen molar-refractivity contribution in [2.75, 3.05) is 6.54 Å². The molecule has 0 saturated heterocycles. The summed E-state index contributed by atoms with van der Waals surface area (Å²) in [5.41, 5.74) is 0. The Morgan fingerprint density at radius 2 is 2.00 bits per heavy atom. The van der Waals surface area contributed by atoms with Gasteiger partial charge in [-0.2, -0.15) is 0 Å². The summed E-state index contributed by atoms with van der Waals surface area (Å²) in [5.74, 6) is 5.33. The minimum Gasteiger partial charge on any atom is -0.314 e. The number of nitrogens with one attached hydrogen (secondary N) is 1. The summed E-state index contributed by atoms with van der Waals surface area (Å²) in [5, 5.41) is 3.85. The van der Waals surface area contributed by atoms with Crippen molar-refractivity contribution in [2.45, 2.75) is 64.8 Å². The van der Waals surface area contributed by atoms with Crippen LogP contribution in [0.5, 0.6) is 0 Å². The predicted molar refractivity (Wildman–Crippen MR) is 72.9 cm³/mol. The van der Waals surface area contributed by atoms with Gasteiger partial charge in [0.15, 0.2) is 0 Å². The first-order chi connectivity index (χ1) is 8.28. The van der Waals surface area contributed by atoms with Gasteiger partial charge < -0.3 is 5.32 Å². The van der Waals surface area contributed by atoms with Gasteiger partial charge in [-0.15, -0.1) is 0 Å². The van der Waals surface area contributed by atoms with Crippen LogP contribution >= 0.6 is 0 Å². The summed E-state index contributed by atoms with van der Waals surface area (Å²) in [6, 6.07) is 0.856. The molecule has 3 aliphatic carbocycles. The van der Waals surface area contributed by atoms with Crippen LogP contribution in [0.25, 0.3) is 0 Å². The topological polar surface area (TPSA) is 12.0 Å². The zero-order valence-corrected chi connectivity index (χ0v) is 11.6. The molecule has 0 aliphatic heterocycles. The molecule has 0 aromatic heterocycles. The molecule has 17 heavy (non-hydrogen) atoms. The van der Waals surface area contributed by atoms with E-state index in [0.29, 0.717) is 0 Å². The molecule has 2 bridgehead atoms. The minimum atomic E-state index is 0.856. The second-order valence-electron chi connectivity index (χ2n) is 7.11. The van der Waals surface area contributed by atoms with Gasteiger partial charge in [-0.25, -0.2) is 0 Å². The Hall–Kier alpha value is -0.0400. The molecule has 1 nitrogen and oxygen atoms in total. The Morgan fingerprint density at radius 3 is 2.53 bits per heavy atom. The highest BCUT2D eigenvalue weighted by molar-refractivity contribution is 4.97. The van der Waals surface area contributed by atoms with Gasteiger partial charge in [0, 0.05) is 6.04 Å². The fraction of sp³-hybridized carbons (Fsp3) is 1.00. The van der Waals surface area contributed by atoms with Gasteiger partial charge in [-0.1, -0.05) is 20.3 Å². The number of hydrogen-bond donors (Lipinski definition) is 1. The van der Waals surface area contributed by atoms with Crippen LogP contribution in [0.4, 0.5) is 0 Å². The quantitative estimate of drug-likeness (QED) is 0.737. The van der Waals surface area contributed by atoms with Crippen molar-refractivity contribution in [3.63, 3.8) is 0 Å². The van der Waals surface area contributed by atoms with E-state index in [0.717, 1.165) is 35.6 Å².